The first kappa shape index (κ1) is 14.7. The van der Waals surface area contributed by atoms with Crippen molar-refractivity contribution in [2.75, 3.05) is 13.1 Å². The number of nitrogens with zero attached hydrogens (tertiary/aromatic N) is 1. The van der Waals surface area contributed by atoms with Crippen LogP contribution in [0.25, 0.3) is 0 Å². The molecule has 0 unspecified atom stereocenters. The monoisotopic (exact) mass is 248 g/mol. The van der Waals surface area contributed by atoms with Gasteiger partial charge < -0.3 is 5.73 Å². The average Bonchev–Trinajstić information content (AvgIpc) is 2.35. The van der Waals surface area contributed by atoms with Crippen molar-refractivity contribution in [2.45, 2.75) is 33.4 Å². The van der Waals surface area contributed by atoms with E-state index in [2.05, 4.69) is 37.5 Å². The number of hydrogen-bond donors (Lipinski definition) is 1. The SMILES string of the molecule is CCN(Cc1ccc(F)c(C#CCN)c1)C(C)C. The lowest BCUT2D eigenvalue weighted by molar-refractivity contribution is 0.225. The Hall–Kier alpha value is -1.37. The highest BCUT2D eigenvalue weighted by molar-refractivity contribution is 5.38. The number of nitrogens with two attached hydrogens (primary N) is 1. The smallest absolute Gasteiger partial charge is 0.138 e. The summed E-state index contributed by atoms with van der Waals surface area (Å²) < 4.78 is 13.5. The molecule has 0 aromatic heterocycles. The van der Waals surface area contributed by atoms with Crippen molar-refractivity contribution < 1.29 is 4.39 Å². The van der Waals surface area contributed by atoms with Crippen molar-refractivity contribution in [3.05, 3.63) is 35.1 Å². The summed E-state index contributed by atoms with van der Waals surface area (Å²) in [4.78, 5) is 2.31. The van der Waals surface area contributed by atoms with Gasteiger partial charge in [-0.3, -0.25) is 4.90 Å². The molecule has 0 aliphatic heterocycles. The minimum atomic E-state index is -0.285. The largest absolute Gasteiger partial charge is 0.320 e. The predicted octanol–water partition coefficient (Wildman–Crippen LogP) is 2.37. The maximum Gasteiger partial charge on any atom is 0.138 e. The average molecular weight is 248 g/mol. The van der Waals surface area contributed by atoms with Gasteiger partial charge in [-0.1, -0.05) is 24.8 Å². The van der Waals surface area contributed by atoms with Crippen LogP contribution in [-0.4, -0.2) is 24.0 Å². The minimum Gasteiger partial charge on any atom is -0.320 e. The Balaban J connectivity index is 2.91. The van der Waals surface area contributed by atoms with E-state index in [1.54, 1.807) is 0 Å². The van der Waals surface area contributed by atoms with Gasteiger partial charge in [0, 0.05) is 12.6 Å². The third-order valence-corrected chi connectivity index (χ3v) is 2.88. The first-order valence-electron chi connectivity index (χ1n) is 6.29. The number of halogens is 1. The molecule has 0 amide bonds. The summed E-state index contributed by atoms with van der Waals surface area (Å²) >= 11 is 0. The molecule has 3 heteroatoms. The molecule has 0 aliphatic rings. The third kappa shape index (κ3) is 4.14. The molecule has 1 aromatic carbocycles. The molecule has 0 atom stereocenters. The van der Waals surface area contributed by atoms with Crippen LogP contribution in [0.1, 0.15) is 31.9 Å². The van der Waals surface area contributed by atoms with Crippen LogP contribution in [0.2, 0.25) is 0 Å². The standard InChI is InChI=1S/C15H21FN2/c1-4-18(12(2)3)11-13-7-8-15(16)14(10-13)6-5-9-17/h7-8,10,12H,4,9,11,17H2,1-3H3. The molecule has 0 spiro atoms. The van der Waals surface area contributed by atoms with Gasteiger partial charge in [0.1, 0.15) is 5.82 Å². The fourth-order valence-corrected chi connectivity index (χ4v) is 1.81. The molecule has 0 saturated carbocycles. The van der Waals surface area contributed by atoms with E-state index in [1.165, 1.54) is 6.07 Å². The summed E-state index contributed by atoms with van der Waals surface area (Å²) in [6, 6.07) is 5.57. The molecule has 0 heterocycles. The van der Waals surface area contributed by atoms with Crippen molar-refractivity contribution >= 4 is 0 Å². The van der Waals surface area contributed by atoms with Crippen molar-refractivity contribution in [3.8, 4) is 11.8 Å². The second-order valence-electron chi connectivity index (χ2n) is 4.48. The summed E-state index contributed by atoms with van der Waals surface area (Å²) in [7, 11) is 0. The van der Waals surface area contributed by atoms with Gasteiger partial charge in [0.15, 0.2) is 0 Å². The normalized spacial score (nSPS) is 10.6. The highest BCUT2D eigenvalue weighted by Crippen LogP contribution is 2.13. The molecule has 1 rings (SSSR count). The van der Waals surface area contributed by atoms with Crippen LogP contribution in [0.5, 0.6) is 0 Å². The summed E-state index contributed by atoms with van der Waals surface area (Å²) in [5.74, 6) is 5.17. The Morgan fingerprint density at radius 2 is 2.11 bits per heavy atom. The van der Waals surface area contributed by atoms with Crippen LogP contribution in [0.15, 0.2) is 18.2 Å². The van der Waals surface area contributed by atoms with Crippen LogP contribution in [0.4, 0.5) is 4.39 Å². The molecule has 18 heavy (non-hydrogen) atoms. The molecule has 0 radical (unpaired) electrons. The van der Waals surface area contributed by atoms with E-state index in [9.17, 15) is 4.39 Å². The first-order valence-corrected chi connectivity index (χ1v) is 6.29. The van der Waals surface area contributed by atoms with E-state index in [0.717, 1.165) is 18.7 Å². The van der Waals surface area contributed by atoms with Gasteiger partial charge in [-0.25, -0.2) is 4.39 Å². The zero-order chi connectivity index (χ0) is 13.5. The Morgan fingerprint density at radius 1 is 1.39 bits per heavy atom. The molecule has 2 nitrogen and oxygen atoms in total. The molecular weight excluding hydrogens is 227 g/mol. The lowest BCUT2D eigenvalue weighted by Crippen LogP contribution is -2.29. The second kappa shape index (κ2) is 7.15. The van der Waals surface area contributed by atoms with Gasteiger partial charge >= 0.3 is 0 Å². The maximum atomic E-state index is 13.5. The summed E-state index contributed by atoms with van der Waals surface area (Å²) in [6.07, 6.45) is 0. The Bertz CT molecular complexity index is 444. The van der Waals surface area contributed by atoms with Gasteiger partial charge in [-0.2, -0.15) is 0 Å². The van der Waals surface area contributed by atoms with Crippen molar-refractivity contribution in [2.24, 2.45) is 5.73 Å². The van der Waals surface area contributed by atoms with E-state index < -0.39 is 0 Å². The zero-order valence-electron chi connectivity index (χ0n) is 11.3. The van der Waals surface area contributed by atoms with Gasteiger partial charge in [0.2, 0.25) is 0 Å². The lowest BCUT2D eigenvalue weighted by atomic mass is 10.1. The topological polar surface area (TPSA) is 29.3 Å². The third-order valence-electron chi connectivity index (χ3n) is 2.88. The van der Waals surface area contributed by atoms with Crippen molar-refractivity contribution in [1.29, 1.82) is 0 Å². The quantitative estimate of drug-likeness (QED) is 0.829. The van der Waals surface area contributed by atoms with Crippen molar-refractivity contribution in [3.63, 3.8) is 0 Å². The van der Waals surface area contributed by atoms with Gasteiger partial charge in [-0.15, -0.1) is 0 Å². The van der Waals surface area contributed by atoms with Crippen LogP contribution in [0.3, 0.4) is 0 Å². The summed E-state index contributed by atoms with van der Waals surface area (Å²) in [5.41, 5.74) is 6.81. The van der Waals surface area contributed by atoms with E-state index in [1.807, 2.05) is 12.1 Å². The van der Waals surface area contributed by atoms with E-state index in [0.29, 0.717) is 11.6 Å². The molecule has 0 fully saturated rings. The van der Waals surface area contributed by atoms with Crippen LogP contribution >= 0.6 is 0 Å². The van der Waals surface area contributed by atoms with E-state index in [4.69, 9.17) is 5.73 Å². The van der Waals surface area contributed by atoms with Crippen LogP contribution in [0, 0.1) is 17.7 Å². The number of rotatable bonds is 4. The number of hydrogen-bond acceptors (Lipinski definition) is 2. The highest BCUT2D eigenvalue weighted by Gasteiger charge is 2.09. The molecule has 0 bridgehead atoms. The Morgan fingerprint density at radius 3 is 2.67 bits per heavy atom. The highest BCUT2D eigenvalue weighted by atomic mass is 19.1. The molecule has 98 valence electrons. The second-order valence-corrected chi connectivity index (χ2v) is 4.48. The van der Waals surface area contributed by atoms with Crippen LogP contribution < -0.4 is 5.73 Å². The van der Waals surface area contributed by atoms with Gasteiger partial charge in [-0.05, 0) is 38.1 Å². The fourth-order valence-electron chi connectivity index (χ4n) is 1.81. The zero-order valence-corrected chi connectivity index (χ0v) is 11.3. The molecule has 1 aromatic rings. The van der Waals surface area contributed by atoms with E-state index >= 15 is 0 Å². The fraction of sp³-hybridized carbons (Fsp3) is 0.467. The lowest BCUT2D eigenvalue weighted by Gasteiger charge is -2.24. The van der Waals surface area contributed by atoms with Gasteiger partial charge in [0.25, 0.3) is 0 Å². The van der Waals surface area contributed by atoms with Crippen molar-refractivity contribution in [1.82, 2.24) is 4.90 Å². The first-order chi connectivity index (χ1) is 8.58. The maximum absolute atomic E-state index is 13.5. The molecule has 2 N–H and O–H groups in total. The number of benzene rings is 1. The minimum absolute atomic E-state index is 0.247. The van der Waals surface area contributed by atoms with Gasteiger partial charge in [0.05, 0.1) is 12.1 Å². The molecule has 0 aliphatic carbocycles. The molecule has 0 saturated heterocycles. The van der Waals surface area contributed by atoms with Crippen LogP contribution in [-0.2, 0) is 6.54 Å². The predicted molar refractivity (Wildman–Crippen MR) is 73.6 cm³/mol. The summed E-state index contributed by atoms with van der Waals surface area (Å²) in [6.45, 7) is 8.46. The summed E-state index contributed by atoms with van der Waals surface area (Å²) in [5, 5.41) is 0. The van der Waals surface area contributed by atoms with E-state index in [-0.39, 0.29) is 12.4 Å². The Kier molecular flexibility index (Phi) is 5.84. The molecular formula is C15H21FN2. The Labute approximate surface area is 109 Å².